The van der Waals surface area contributed by atoms with Crippen LogP contribution < -0.4 is 9.47 Å². The second-order valence-corrected chi connectivity index (χ2v) is 14.4. The van der Waals surface area contributed by atoms with Crippen molar-refractivity contribution in [3.8, 4) is 11.5 Å². The average Bonchev–Trinajstić information content (AvgIpc) is 3.43. The van der Waals surface area contributed by atoms with Crippen molar-refractivity contribution in [1.29, 1.82) is 0 Å². The summed E-state index contributed by atoms with van der Waals surface area (Å²) in [5, 5.41) is 0. The van der Waals surface area contributed by atoms with E-state index in [0.717, 1.165) is 95.3 Å². The number of hydrogen-bond donors (Lipinski definition) is 0. The zero-order chi connectivity index (χ0) is 33.1. The molecule has 0 aromatic heterocycles. The van der Waals surface area contributed by atoms with Gasteiger partial charge in [-0.2, -0.15) is 0 Å². The van der Waals surface area contributed by atoms with Gasteiger partial charge in [-0.25, -0.2) is 0 Å². The Morgan fingerprint density at radius 2 is 1.55 bits per heavy atom. The van der Waals surface area contributed by atoms with Gasteiger partial charge in [0.15, 0.2) is 11.5 Å². The van der Waals surface area contributed by atoms with Gasteiger partial charge in [0.25, 0.3) is 0 Å². The molecule has 1 amide bonds. The van der Waals surface area contributed by atoms with E-state index in [9.17, 15) is 9.59 Å². The Hall–Kier alpha value is -2.08. The van der Waals surface area contributed by atoms with E-state index < -0.39 is 0 Å². The van der Waals surface area contributed by atoms with Crippen LogP contribution in [0.15, 0.2) is 18.2 Å². The van der Waals surface area contributed by atoms with E-state index in [2.05, 4.69) is 91.4 Å². The van der Waals surface area contributed by atoms with Crippen molar-refractivity contribution >= 4 is 11.7 Å². The van der Waals surface area contributed by atoms with Crippen LogP contribution in [-0.2, 0) is 9.59 Å². The molecule has 1 aliphatic heterocycles. The first kappa shape index (κ1) is 39.9. The molecule has 0 aliphatic carbocycles. The Morgan fingerprint density at radius 3 is 2.16 bits per heavy atom. The van der Waals surface area contributed by atoms with Gasteiger partial charge >= 0.3 is 0 Å². The van der Waals surface area contributed by atoms with Crippen LogP contribution in [0.3, 0.4) is 0 Å². The van der Waals surface area contributed by atoms with Crippen molar-refractivity contribution in [3.63, 3.8) is 0 Å². The van der Waals surface area contributed by atoms with Crippen molar-refractivity contribution in [2.75, 3.05) is 40.5 Å². The molecule has 0 fully saturated rings. The lowest BCUT2D eigenvalue weighted by Crippen LogP contribution is -2.34. The number of ether oxygens (including phenoxy) is 2. The highest BCUT2D eigenvalue weighted by Crippen LogP contribution is 2.37. The summed E-state index contributed by atoms with van der Waals surface area (Å²) < 4.78 is 10.9. The molecule has 0 radical (unpaired) electrons. The molecule has 2 atom stereocenters. The summed E-state index contributed by atoms with van der Waals surface area (Å²) in [6.07, 6.45) is 12.4. The van der Waals surface area contributed by atoms with Crippen molar-refractivity contribution in [1.82, 2.24) is 9.80 Å². The summed E-state index contributed by atoms with van der Waals surface area (Å²) in [5.41, 5.74) is 1.18. The zero-order valence-corrected chi connectivity index (χ0v) is 30.3. The molecule has 6 nitrogen and oxygen atoms in total. The molecule has 2 rings (SSSR count). The standard InChI is InChI=1S/C23H36O3.C15H32N2O/c1-6-13-23(4,5)22(24)10-8-9-17(3)14-18(7-2)19-11-12-20-21(15-19)26-16-25-20;1-6-7-11-17(15(18)13-14(2)3)12-9-8-10-16(4)5/h11-12,15,17-18H,6-10,13-14,16H2,1-5H3;14H,6-13H2,1-5H3. The number of carbonyl (C=O) groups is 2. The fraction of sp³-hybridized carbons (Fsp3) is 0.789. The predicted octanol–water partition coefficient (Wildman–Crippen LogP) is 9.50. The van der Waals surface area contributed by atoms with Crippen LogP contribution in [0.2, 0.25) is 0 Å². The third-order valence-electron chi connectivity index (χ3n) is 8.78. The summed E-state index contributed by atoms with van der Waals surface area (Å²) in [6, 6.07) is 6.34. The molecule has 0 N–H and O–H groups in total. The van der Waals surface area contributed by atoms with Gasteiger partial charge in [-0.1, -0.05) is 80.7 Å². The van der Waals surface area contributed by atoms with Gasteiger partial charge in [0.2, 0.25) is 12.7 Å². The van der Waals surface area contributed by atoms with Crippen LogP contribution in [0, 0.1) is 17.3 Å². The van der Waals surface area contributed by atoms with Crippen molar-refractivity contribution < 1.29 is 19.1 Å². The topological polar surface area (TPSA) is 59.1 Å². The maximum Gasteiger partial charge on any atom is 0.231 e. The summed E-state index contributed by atoms with van der Waals surface area (Å²) in [7, 11) is 4.19. The molecule has 0 saturated heterocycles. The van der Waals surface area contributed by atoms with Gasteiger partial charge in [0.1, 0.15) is 5.78 Å². The number of ketones is 1. The lowest BCUT2D eigenvalue weighted by Gasteiger charge is -2.24. The van der Waals surface area contributed by atoms with E-state index in [1.165, 1.54) is 12.0 Å². The van der Waals surface area contributed by atoms with Crippen molar-refractivity contribution in [2.24, 2.45) is 17.3 Å². The fourth-order valence-electron chi connectivity index (χ4n) is 5.94. The molecule has 44 heavy (non-hydrogen) atoms. The molecule has 1 aromatic carbocycles. The minimum absolute atomic E-state index is 0.156. The van der Waals surface area contributed by atoms with Crippen LogP contribution in [0.5, 0.6) is 11.5 Å². The molecule has 0 bridgehead atoms. The SMILES string of the molecule is CCCC(C)(C)C(=O)CCCC(C)CC(CC)c1ccc2c(c1)OCO2.CCCCN(CCCCN(C)C)C(=O)CC(C)C. The number of benzene rings is 1. The van der Waals surface area contributed by atoms with E-state index in [4.69, 9.17) is 9.47 Å². The van der Waals surface area contributed by atoms with Crippen LogP contribution >= 0.6 is 0 Å². The molecular formula is C38H68N2O4. The van der Waals surface area contributed by atoms with Gasteiger partial charge < -0.3 is 19.3 Å². The van der Waals surface area contributed by atoms with Crippen molar-refractivity contribution in [3.05, 3.63) is 23.8 Å². The van der Waals surface area contributed by atoms with Gasteiger partial charge in [0.05, 0.1) is 0 Å². The predicted molar refractivity (Wildman–Crippen MR) is 186 cm³/mol. The van der Waals surface area contributed by atoms with E-state index in [0.29, 0.717) is 42.7 Å². The fourth-order valence-corrected chi connectivity index (χ4v) is 5.94. The highest BCUT2D eigenvalue weighted by molar-refractivity contribution is 5.83. The lowest BCUT2D eigenvalue weighted by atomic mass is 9.80. The Bertz CT molecular complexity index is 943. The number of unbranched alkanes of at least 4 members (excludes halogenated alkanes) is 2. The Kier molecular flexibility index (Phi) is 19.6. The van der Waals surface area contributed by atoms with Gasteiger partial charge in [0, 0.05) is 31.3 Å². The summed E-state index contributed by atoms with van der Waals surface area (Å²) in [5.74, 6) is 4.10. The zero-order valence-electron chi connectivity index (χ0n) is 30.3. The lowest BCUT2D eigenvalue weighted by molar-refractivity contribution is -0.132. The van der Waals surface area contributed by atoms with Crippen molar-refractivity contribution in [2.45, 2.75) is 138 Å². The molecular weight excluding hydrogens is 548 g/mol. The number of fused-ring (bicyclic) bond motifs is 1. The Labute approximate surface area is 271 Å². The third kappa shape index (κ3) is 15.8. The summed E-state index contributed by atoms with van der Waals surface area (Å²) in [4.78, 5) is 28.8. The number of carbonyl (C=O) groups excluding carboxylic acids is 2. The molecule has 6 heteroatoms. The van der Waals surface area contributed by atoms with Crippen LogP contribution in [-0.4, -0.2) is 62.0 Å². The molecule has 1 heterocycles. The van der Waals surface area contributed by atoms with Crippen LogP contribution in [0.4, 0.5) is 0 Å². The molecule has 1 aromatic rings. The minimum atomic E-state index is -0.156. The first-order chi connectivity index (χ1) is 20.8. The number of hydrogen-bond acceptors (Lipinski definition) is 5. The van der Waals surface area contributed by atoms with E-state index >= 15 is 0 Å². The molecule has 254 valence electrons. The van der Waals surface area contributed by atoms with E-state index in [1.54, 1.807) is 0 Å². The van der Waals surface area contributed by atoms with Gasteiger partial charge in [-0.15, -0.1) is 0 Å². The largest absolute Gasteiger partial charge is 0.454 e. The van der Waals surface area contributed by atoms with E-state index in [1.807, 2.05) is 6.07 Å². The third-order valence-corrected chi connectivity index (χ3v) is 8.78. The Morgan fingerprint density at radius 1 is 0.886 bits per heavy atom. The molecule has 2 unspecified atom stereocenters. The number of Topliss-reactive ketones (excluding diaryl/α,β-unsaturated/α-hetero) is 1. The van der Waals surface area contributed by atoms with Crippen LogP contribution in [0.25, 0.3) is 0 Å². The number of rotatable bonds is 21. The maximum absolute atomic E-state index is 12.4. The molecule has 0 spiro atoms. The van der Waals surface area contributed by atoms with Gasteiger partial charge in [-0.3, -0.25) is 9.59 Å². The number of nitrogens with zero attached hydrogens (tertiary/aromatic N) is 2. The monoisotopic (exact) mass is 617 g/mol. The van der Waals surface area contributed by atoms with Gasteiger partial charge in [-0.05, 0) is 101 Å². The maximum atomic E-state index is 12.4. The highest BCUT2D eigenvalue weighted by Gasteiger charge is 2.26. The normalized spacial score (nSPS) is 13.9. The molecule has 1 aliphatic rings. The highest BCUT2D eigenvalue weighted by atomic mass is 16.7. The minimum Gasteiger partial charge on any atom is -0.454 e. The quantitative estimate of drug-likeness (QED) is 0.129. The van der Waals surface area contributed by atoms with Crippen LogP contribution in [0.1, 0.15) is 144 Å². The number of amides is 1. The second-order valence-electron chi connectivity index (χ2n) is 14.4. The Balaban J connectivity index is 0.000000474. The smallest absolute Gasteiger partial charge is 0.231 e. The molecule has 0 saturated carbocycles. The second kappa shape index (κ2) is 21.6. The first-order valence-corrected chi connectivity index (χ1v) is 17.7. The summed E-state index contributed by atoms with van der Waals surface area (Å²) in [6.45, 7) is 20.6. The average molecular weight is 617 g/mol. The van der Waals surface area contributed by atoms with E-state index in [-0.39, 0.29) is 5.41 Å². The first-order valence-electron chi connectivity index (χ1n) is 17.7. The summed E-state index contributed by atoms with van der Waals surface area (Å²) >= 11 is 0.